The Morgan fingerprint density at radius 3 is 1.27 bits per heavy atom. The molecule has 1 aliphatic heterocycles. The molecule has 0 spiro atoms. The van der Waals surface area contributed by atoms with E-state index in [0.717, 1.165) is 70.6 Å². The normalized spacial score (nSPS) is 19.1. The van der Waals surface area contributed by atoms with E-state index in [-0.39, 0.29) is 32.0 Å². The van der Waals surface area contributed by atoms with Crippen molar-refractivity contribution in [1.29, 1.82) is 0 Å². The third-order valence-corrected chi connectivity index (χ3v) is 13.5. The molecule has 0 aromatic rings. The summed E-state index contributed by atoms with van der Waals surface area (Å²) in [5, 5.41) is 40.3. The van der Waals surface area contributed by atoms with Crippen LogP contribution < -0.4 is 0 Å². The molecule has 1 heterocycles. The molecule has 0 aromatic heterocycles. The third-order valence-electron chi connectivity index (χ3n) is 13.5. The maximum absolute atomic E-state index is 12.9. The maximum atomic E-state index is 12.9. The fourth-order valence-corrected chi connectivity index (χ4v) is 8.95. The molecule has 1 saturated heterocycles. The molecule has 1 rings (SSSR count). The van der Waals surface area contributed by atoms with E-state index in [2.05, 4.69) is 62.5 Å². The first-order chi connectivity index (χ1) is 34.3. The van der Waals surface area contributed by atoms with Gasteiger partial charge in [0, 0.05) is 12.8 Å². The first kappa shape index (κ1) is 65.7. The second-order valence-electron chi connectivity index (χ2n) is 20.1. The van der Waals surface area contributed by atoms with E-state index in [1.54, 1.807) is 0 Å². The zero-order chi connectivity index (χ0) is 50.8. The summed E-state index contributed by atoms with van der Waals surface area (Å²) in [4.78, 5) is 25.6. The summed E-state index contributed by atoms with van der Waals surface area (Å²) in [6.07, 6.45) is 55.6. The first-order valence-electron chi connectivity index (χ1n) is 29.2. The van der Waals surface area contributed by atoms with E-state index in [0.29, 0.717) is 6.42 Å². The Morgan fingerprint density at radius 2 is 0.843 bits per heavy atom. The Bertz CT molecular complexity index is 1280. The van der Waals surface area contributed by atoms with Gasteiger partial charge in [0.1, 0.15) is 31.0 Å². The molecule has 0 saturated carbocycles. The number of allylic oxidation sites excluding steroid dienone is 8. The highest BCUT2D eigenvalue weighted by molar-refractivity contribution is 5.70. The van der Waals surface area contributed by atoms with Crippen LogP contribution in [0, 0.1) is 0 Å². The van der Waals surface area contributed by atoms with E-state index < -0.39 is 49.4 Å². The molecule has 408 valence electrons. The van der Waals surface area contributed by atoms with Crippen molar-refractivity contribution in [2.75, 3.05) is 19.8 Å². The molecule has 6 unspecified atom stereocenters. The van der Waals surface area contributed by atoms with Gasteiger partial charge in [-0.2, -0.15) is 0 Å². The van der Waals surface area contributed by atoms with Crippen LogP contribution in [0.5, 0.6) is 0 Å². The van der Waals surface area contributed by atoms with Crippen LogP contribution in [0.4, 0.5) is 0 Å². The number of carbonyl (C=O) groups excluding carboxylic acids is 2. The van der Waals surface area contributed by atoms with E-state index in [1.165, 1.54) is 161 Å². The van der Waals surface area contributed by atoms with Crippen molar-refractivity contribution >= 4 is 11.9 Å². The lowest BCUT2D eigenvalue weighted by molar-refractivity contribution is -0.305. The van der Waals surface area contributed by atoms with Gasteiger partial charge < -0.3 is 39.4 Å². The molecule has 0 aliphatic carbocycles. The molecule has 0 aromatic carbocycles. The molecule has 10 nitrogen and oxygen atoms in total. The number of rotatable bonds is 50. The largest absolute Gasteiger partial charge is 0.462 e. The van der Waals surface area contributed by atoms with Gasteiger partial charge in [-0.1, -0.05) is 249 Å². The third kappa shape index (κ3) is 40.2. The molecule has 6 atom stereocenters. The second-order valence-corrected chi connectivity index (χ2v) is 20.1. The predicted molar refractivity (Wildman–Crippen MR) is 289 cm³/mol. The zero-order valence-corrected chi connectivity index (χ0v) is 45.0. The second kappa shape index (κ2) is 50.2. The lowest BCUT2D eigenvalue weighted by Crippen LogP contribution is -2.59. The van der Waals surface area contributed by atoms with Crippen molar-refractivity contribution in [3.8, 4) is 0 Å². The highest BCUT2D eigenvalue weighted by atomic mass is 16.7. The van der Waals surface area contributed by atoms with Crippen molar-refractivity contribution in [2.24, 2.45) is 0 Å². The quantitative estimate of drug-likeness (QED) is 0.0263. The van der Waals surface area contributed by atoms with Gasteiger partial charge in [-0.15, -0.1) is 0 Å². The highest BCUT2D eigenvalue weighted by Gasteiger charge is 2.44. The molecule has 1 aliphatic rings. The number of ether oxygens (including phenoxy) is 4. The summed E-state index contributed by atoms with van der Waals surface area (Å²) in [6.45, 7) is 3.35. The molecule has 1 fully saturated rings. The van der Waals surface area contributed by atoms with Gasteiger partial charge in [0.05, 0.1) is 13.2 Å². The molecular formula is C60H108O10. The van der Waals surface area contributed by atoms with Gasteiger partial charge in [-0.25, -0.2) is 0 Å². The number of carbonyl (C=O) groups is 2. The van der Waals surface area contributed by atoms with E-state index in [1.807, 2.05) is 0 Å². The van der Waals surface area contributed by atoms with Gasteiger partial charge in [0.25, 0.3) is 0 Å². The van der Waals surface area contributed by atoms with Crippen molar-refractivity contribution in [3.63, 3.8) is 0 Å². The Morgan fingerprint density at radius 1 is 0.457 bits per heavy atom. The van der Waals surface area contributed by atoms with E-state index in [4.69, 9.17) is 18.9 Å². The number of aliphatic hydroxyl groups excluding tert-OH is 4. The molecular weight excluding hydrogens is 881 g/mol. The Hall–Kier alpha value is -2.34. The van der Waals surface area contributed by atoms with Gasteiger partial charge in [-0.05, 0) is 51.4 Å². The SMILES string of the molecule is CC/C=C\C/C=C\C/C=C\C/C=C\CCCCCCCCCCC(=O)OC(COC(=O)CCCCCCCCCCCCCCCCCCCCCCCCCC)COC1OC(CO)C(O)C(O)C1O. The summed E-state index contributed by atoms with van der Waals surface area (Å²) in [6, 6.07) is 0. The number of esters is 2. The molecule has 0 amide bonds. The number of aliphatic hydroxyl groups is 4. The minimum Gasteiger partial charge on any atom is -0.462 e. The number of hydrogen-bond donors (Lipinski definition) is 4. The zero-order valence-electron chi connectivity index (χ0n) is 45.0. The van der Waals surface area contributed by atoms with Crippen LogP contribution in [-0.4, -0.2) is 89.0 Å². The van der Waals surface area contributed by atoms with Crippen LogP contribution in [-0.2, 0) is 28.5 Å². The van der Waals surface area contributed by atoms with Crippen molar-refractivity contribution < 1.29 is 49.0 Å². The minimum atomic E-state index is -1.60. The lowest BCUT2D eigenvalue weighted by atomic mass is 9.99. The molecule has 10 heteroatoms. The van der Waals surface area contributed by atoms with Crippen LogP contribution in [0.15, 0.2) is 48.6 Å². The first-order valence-corrected chi connectivity index (χ1v) is 29.2. The van der Waals surface area contributed by atoms with Crippen molar-refractivity contribution in [1.82, 2.24) is 0 Å². The molecule has 4 N–H and O–H groups in total. The minimum absolute atomic E-state index is 0.219. The fraction of sp³-hybridized carbons (Fsp3) is 0.833. The predicted octanol–water partition coefficient (Wildman–Crippen LogP) is 14.7. The molecule has 70 heavy (non-hydrogen) atoms. The molecule has 0 radical (unpaired) electrons. The monoisotopic (exact) mass is 989 g/mol. The van der Waals surface area contributed by atoms with Crippen molar-refractivity contribution in [3.05, 3.63) is 48.6 Å². The van der Waals surface area contributed by atoms with Gasteiger partial charge >= 0.3 is 11.9 Å². The number of unbranched alkanes of at least 4 members (excludes halogenated alkanes) is 31. The average Bonchev–Trinajstić information content (AvgIpc) is 3.36. The fourth-order valence-electron chi connectivity index (χ4n) is 8.95. The highest BCUT2D eigenvalue weighted by Crippen LogP contribution is 2.23. The van der Waals surface area contributed by atoms with Crippen LogP contribution in [0.25, 0.3) is 0 Å². The topological polar surface area (TPSA) is 152 Å². The maximum Gasteiger partial charge on any atom is 0.306 e. The van der Waals surface area contributed by atoms with Crippen LogP contribution in [0.2, 0.25) is 0 Å². The summed E-state index contributed by atoms with van der Waals surface area (Å²) in [5.41, 5.74) is 0. The summed E-state index contributed by atoms with van der Waals surface area (Å²) in [7, 11) is 0. The van der Waals surface area contributed by atoms with Gasteiger partial charge in [-0.3, -0.25) is 9.59 Å². The van der Waals surface area contributed by atoms with E-state index >= 15 is 0 Å². The number of hydrogen-bond acceptors (Lipinski definition) is 10. The molecule has 0 bridgehead atoms. The standard InChI is InChI=1S/C60H108O10/c1-3-5-7-9-11-13-15-17-19-21-23-25-26-27-29-30-32-34-36-38-40-42-44-46-48-55(62)67-51-53(52-68-60-59(66)58(65)57(64)54(50-61)70-60)69-56(63)49-47-45-43-41-39-37-35-33-31-28-24-22-20-18-16-14-12-10-8-6-4-2/h6,8,12,14,18,20,24,28,53-54,57-61,64-66H,3-5,7,9-11,13,15-17,19,21-23,25-27,29-52H2,1-2H3/b8-6-,14-12-,20-18-,28-24-. The van der Waals surface area contributed by atoms with Gasteiger partial charge in [0.15, 0.2) is 12.4 Å². The van der Waals surface area contributed by atoms with Crippen LogP contribution in [0.3, 0.4) is 0 Å². The Balaban J connectivity index is 2.19. The smallest absolute Gasteiger partial charge is 0.306 e. The van der Waals surface area contributed by atoms with Gasteiger partial charge in [0.2, 0.25) is 0 Å². The Kier molecular flexibility index (Phi) is 47.1. The van der Waals surface area contributed by atoms with Crippen LogP contribution in [0.1, 0.15) is 264 Å². The lowest BCUT2D eigenvalue weighted by Gasteiger charge is -2.39. The van der Waals surface area contributed by atoms with Crippen LogP contribution >= 0.6 is 0 Å². The summed E-state index contributed by atoms with van der Waals surface area (Å²) in [5.74, 6) is -0.804. The van der Waals surface area contributed by atoms with Crippen molar-refractivity contribution in [2.45, 2.75) is 301 Å². The summed E-state index contributed by atoms with van der Waals surface area (Å²) < 4.78 is 22.3. The average molecular weight is 990 g/mol. The summed E-state index contributed by atoms with van der Waals surface area (Å²) >= 11 is 0. The Labute approximate surface area is 428 Å². The van der Waals surface area contributed by atoms with E-state index in [9.17, 15) is 30.0 Å².